The van der Waals surface area contributed by atoms with E-state index in [-0.39, 0.29) is 17.0 Å². The molecular weight excluding hydrogens is 366 g/mol. The molecule has 0 unspecified atom stereocenters. The molecule has 0 spiro atoms. The van der Waals surface area contributed by atoms with Gasteiger partial charge in [-0.1, -0.05) is 0 Å². The number of hydrogen-bond acceptors (Lipinski definition) is 7. The summed E-state index contributed by atoms with van der Waals surface area (Å²) in [5.41, 5.74) is 0.950. The number of ether oxygens (including phenoxy) is 1. The lowest BCUT2D eigenvalue weighted by molar-refractivity contribution is -0.384. The lowest BCUT2D eigenvalue weighted by Gasteiger charge is -2.15. The fourth-order valence-corrected chi connectivity index (χ4v) is 2.34. The van der Waals surface area contributed by atoms with Crippen molar-refractivity contribution in [2.24, 2.45) is 0 Å². The predicted molar refractivity (Wildman–Crippen MR) is 103 cm³/mol. The summed E-state index contributed by atoms with van der Waals surface area (Å²) in [5, 5.41) is 16.2. The van der Waals surface area contributed by atoms with Crippen molar-refractivity contribution in [2.45, 2.75) is 20.0 Å². The van der Waals surface area contributed by atoms with E-state index in [0.29, 0.717) is 16.9 Å². The summed E-state index contributed by atoms with van der Waals surface area (Å²) in [6, 6.07) is 9.97. The minimum atomic E-state index is -1.15. The normalized spacial score (nSPS) is 11.2. The van der Waals surface area contributed by atoms with E-state index < -0.39 is 22.9 Å². The smallest absolute Gasteiger partial charge is 0.341 e. The zero-order chi connectivity index (χ0) is 20.8. The number of Topliss-reactive ketones (excluding diaryl/α,β-unsaturated/α-hetero) is 1. The van der Waals surface area contributed by atoms with E-state index in [9.17, 15) is 24.5 Å². The number of nitro groups is 1. The fourth-order valence-electron chi connectivity index (χ4n) is 2.34. The number of rotatable bonds is 7. The summed E-state index contributed by atoms with van der Waals surface area (Å²) >= 11 is 0. The highest BCUT2D eigenvalue weighted by molar-refractivity contribution is 6.00. The van der Waals surface area contributed by atoms with Gasteiger partial charge in [-0.05, 0) is 44.2 Å². The Balaban J connectivity index is 2.09. The number of amides is 1. The maximum Gasteiger partial charge on any atom is 0.341 e. The van der Waals surface area contributed by atoms with Crippen LogP contribution in [0, 0.1) is 10.1 Å². The Kier molecular flexibility index (Phi) is 6.43. The van der Waals surface area contributed by atoms with Crippen LogP contribution in [-0.2, 0) is 9.53 Å². The summed E-state index contributed by atoms with van der Waals surface area (Å²) in [4.78, 5) is 46.2. The van der Waals surface area contributed by atoms with Crippen LogP contribution in [0.1, 0.15) is 34.6 Å². The minimum absolute atomic E-state index is 0.0536. The number of carbonyl (C=O) groups excluding carboxylic acids is 3. The molecule has 0 aliphatic heterocycles. The zero-order valence-electron chi connectivity index (χ0n) is 15.5. The molecule has 0 heterocycles. The van der Waals surface area contributed by atoms with Gasteiger partial charge in [0.15, 0.2) is 11.9 Å². The van der Waals surface area contributed by atoms with Crippen molar-refractivity contribution in [3.63, 3.8) is 0 Å². The van der Waals surface area contributed by atoms with Crippen LogP contribution in [0.2, 0.25) is 0 Å². The van der Waals surface area contributed by atoms with Crippen LogP contribution in [0.5, 0.6) is 0 Å². The van der Waals surface area contributed by atoms with Gasteiger partial charge in [-0.15, -0.1) is 0 Å². The number of nitro benzene ring substituents is 1. The van der Waals surface area contributed by atoms with Gasteiger partial charge in [0.05, 0.1) is 10.5 Å². The third-order valence-electron chi connectivity index (χ3n) is 3.92. The molecule has 0 radical (unpaired) electrons. The Morgan fingerprint density at radius 1 is 1.11 bits per heavy atom. The largest absolute Gasteiger partial charge is 0.449 e. The maximum absolute atomic E-state index is 12.4. The average Bonchev–Trinajstić information content (AvgIpc) is 2.67. The third kappa shape index (κ3) is 4.91. The van der Waals surface area contributed by atoms with Crippen molar-refractivity contribution in [3.05, 3.63) is 63.7 Å². The molecule has 0 saturated heterocycles. The molecule has 2 aromatic rings. The number of nitrogens with one attached hydrogen (secondary N) is 2. The third-order valence-corrected chi connectivity index (χ3v) is 3.92. The second kappa shape index (κ2) is 8.76. The summed E-state index contributed by atoms with van der Waals surface area (Å²) in [6.45, 7) is 2.82. The first kappa shape index (κ1) is 20.6. The van der Waals surface area contributed by atoms with E-state index in [2.05, 4.69) is 10.6 Å². The van der Waals surface area contributed by atoms with E-state index in [0.717, 1.165) is 6.07 Å². The second-order valence-electron chi connectivity index (χ2n) is 5.91. The molecule has 2 N–H and O–H groups in total. The second-order valence-corrected chi connectivity index (χ2v) is 5.91. The molecule has 0 aromatic heterocycles. The molecule has 2 rings (SSSR count). The molecule has 0 bridgehead atoms. The number of non-ortho nitro benzene ring substituents is 1. The number of esters is 1. The van der Waals surface area contributed by atoms with E-state index in [1.807, 2.05) is 0 Å². The molecule has 0 aliphatic carbocycles. The summed E-state index contributed by atoms with van der Waals surface area (Å²) in [6.07, 6.45) is -1.15. The van der Waals surface area contributed by atoms with Crippen LogP contribution >= 0.6 is 0 Å². The summed E-state index contributed by atoms with van der Waals surface area (Å²) in [5.74, 6) is -1.56. The van der Waals surface area contributed by atoms with Gasteiger partial charge in [-0.25, -0.2) is 4.79 Å². The molecule has 0 aliphatic rings. The van der Waals surface area contributed by atoms with Gasteiger partial charge in [0.2, 0.25) is 0 Å². The topological polar surface area (TPSA) is 128 Å². The summed E-state index contributed by atoms with van der Waals surface area (Å²) in [7, 11) is 1.55. The van der Waals surface area contributed by atoms with E-state index in [1.165, 1.54) is 26.0 Å². The van der Waals surface area contributed by atoms with Gasteiger partial charge >= 0.3 is 5.97 Å². The lowest BCUT2D eigenvalue weighted by atomic mass is 10.1. The molecule has 1 amide bonds. The van der Waals surface area contributed by atoms with Crippen molar-refractivity contribution in [2.75, 3.05) is 17.7 Å². The molecule has 2 aromatic carbocycles. The van der Waals surface area contributed by atoms with E-state index in [4.69, 9.17) is 4.74 Å². The zero-order valence-corrected chi connectivity index (χ0v) is 15.5. The fraction of sp³-hybridized carbons (Fsp3) is 0.211. The van der Waals surface area contributed by atoms with Crippen LogP contribution < -0.4 is 10.6 Å². The number of carbonyl (C=O) groups is 3. The van der Waals surface area contributed by atoms with E-state index >= 15 is 0 Å². The molecule has 146 valence electrons. The van der Waals surface area contributed by atoms with Gasteiger partial charge in [-0.3, -0.25) is 19.7 Å². The predicted octanol–water partition coefficient (Wildman–Crippen LogP) is 3.02. The first-order valence-corrected chi connectivity index (χ1v) is 8.32. The number of nitrogens with zero attached hydrogens (tertiary/aromatic N) is 1. The lowest BCUT2D eigenvalue weighted by Crippen LogP contribution is -2.30. The Morgan fingerprint density at radius 3 is 2.29 bits per heavy atom. The SMILES string of the molecule is CNc1ccc([N+](=O)[O-])cc1C(=O)O[C@H](C)C(=O)Nc1ccc(C(C)=O)cc1. The number of ketones is 1. The quantitative estimate of drug-likeness (QED) is 0.324. The van der Waals surface area contributed by atoms with Crippen molar-refractivity contribution < 1.29 is 24.0 Å². The number of anilines is 2. The standard InChI is InChI=1S/C19H19N3O6/c1-11(23)13-4-6-14(7-5-13)21-18(24)12(2)28-19(25)16-10-15(22(26)27)8-9-17(16)20-3/h4-10,12,20H,1-3H3,(H,21,24)/t12-/m1/s1. The van der Waals surface area contributed by atoms with Gasteiger partial charge in [0.1, 0.15) is 0 Å². The Hall–Kier alpha value is -3.75. The molecule has 9 heteroatoms. The monoisotopic (exact) mass is 385 g/mol. The van der Waals surface area contributed by atoms with Gasteiger partial charge in [0.25, 0.3) is 11.6 Å². The van der Waals surface area contributed by atoms with Crippen molar-refractivity contribution in [1.29, 1.82) is 0 Å². The van der Waals surface area contributed by atoms with Gasteiger partial charge in [0, 0.05) is 36.1 Å². The van der Waals surface area contributed by atoms with E-state index in [1.54, 1.807) is 31.3 Å². The van der Waals surface area contributed by atoms with Crippen molar-refractivity contribution in [1.82, 2.24) is 0 Å². The highest BCUT2D eigenvalue weighted by Gasteiger charge is 2.23. The first-order chi connectivity index (χ1) is 13.2. The Labute approximate surface area is 160 Å². The van der Waals surface area contributed by atoms with Gasteiger partial charge in [-0.2, -0.15) is 0 Å². The Morgan fingerprint density at radius 2 is 1.75 bits per heavy atom. The molecular formula is C19H19N3O6. The maximum atomic E-state index is 12.4. The minimum Gasteiger partial charge on any atom is -0.449 e. The molecule has 9 nitrogen and oxygen atoms in total. The van der Waals surface area contributed by atoms with Gasteiger partial charge < -0.3 is 15.4 Å². The van der Waals surface area contributed by atoms with Crippen LogP contribution in [0.3, 0.4) is 0 Å². The van der Waals surface area contributed by atoms with Crippen molar-refractivity contribution >= 4 is 34.7 Å². The highest BCUT2D eigenvalue weighted by Crippen LogP contribution is 2.23. The number of benzene rings is 2. The van der Waals surface area contributed by atoms with Crippen LogP contribution in [0.25, 0.3) is 0 Å². The van der Waals surface area contributed by atoms with Crippen LogP contribution in [-0.4, -0.2) is 35.7 Å². The first-order valence-electron chi connectivity index (χ1n) is 8.32. The summed E-state index contributed by atoms with van der Waals surface area (Å²) < 4.78 is 5.14. The molecule has 28 heavy (non-hydrogen) atoms. The molecule has 1 atom stereocenters. The molecule has 0 saturated carbocycles. The Bertz CT molecular complexity index is 924. The molecule has 0 fully saturated rings. The van der Waals surface area contributed by atoms with Crippen LogP contribution in [0.15, 0.2) is 42.5 Å². The average molecular weight is 385 g/mol. The number of hydrogen-bond donors (Lipinski definition) is 2. The highest BCUT2D eigenvalue weighted by atomic mass is 16.6. The van der Waals surface area contributed by atoms with Crippen LogP contribution in [0.4, 0.5) is 17.1 Å². The van der Waals surface area contributed by atoms with Crippen molar-refractivity contribution in [3.8, 4) is 0 Å².